The smallest absolute Gasteiger partial charge is 0.255 e. The average Bonchev–Trinajstić information content (AvgIpc) is 2.86. The number of methoxy groups -OCH3 is 1. The molecule has 35 heavy (non-hydrogen) atoms. The second kappa shape index (κ2) is 12.3. The van der Waals surface area contributed by atoms with Crippen LogP contribution in [0.25, 0.3) is 0 Å². The quantitative estimate of drug-likeness (QED) is 0.357. The van der Waals surface area contributed by atoms with Crippen molar-refractivity contribution in [2.24, 2.45) is 0 Å². The van der Waals surface area contributed by atoms with E-state index in [1.165, 1.54) is 0 Å². The van der Waals surface area contributed by atoms with Gasteiger partial charge in [-0.05, 0) is 76.2 Å². The van der Waals surface area contributed by atoms with Gasteiger partial charge in [0.2, 0.25) is 0 Å². The van der Waals surface area contributed by atoms with Crippen LogP contribution < -0.4 is 19.7 Å². The lowest BCUT2D eigenvalue weighted by Crippen LogP contribution is -2.39. The number of nitrogens with zero attached hydrogens (tertiary/aromatic N) is 2. The van der Waals surface area contributed by atoms with E-state index >= 15 is 0 Å². The summed E-state index contributed by atoms with van der Waals surface area (Å²) in [6.07, 6.45) is 0. The van der Waals surface area contributed by atoms with Crippen LogP contribution in [0.2, 0.25) is 0 Å². The molecule has 0 saturated heterocycles. The van der Waals surface area contributed by atoms with Crippen LogP contribution in [0.15, 0.2) is 72.8 Å². The van der Waals surface area contributed by atoms with Gasteiger partial charge in [-0.3, -0.25) is 9.69 Å². The monoisotopic (exact) mass is 475 g/mol. The zero-order valence-electron chi connectivity index (χ0n) is 21.6. The van der Waals surface area contributed by atoms with Crippen molar-refractivity contribution in [1.82, 2.24) is 4.90 Å². The van der Waals surface area contributed by atoms with Gasteiger partial charge in [-0.25, -0.2) is 0 Å². The van der Waals surface area contributed by atoms with Gasteiger partial charge >= 0.3 is 0 Å². The first kappa shape index (κ1) is 26.1. The molecule has 0 heterocycles. The van der Waals surface area contributed by atoms with Crippen LogP contribution in [0.5, 0.6) is 11.5 Å². The molecule has 6 heteroatoms. The molecule has 3 aromatic carbocycles. The third kappa shape index (κ3) is 6.99. The minimum atomic E-state index is -0.180. The maximum atomic E-state index is 12.9. The molecule has 0 bridgehead atoms. The lowest BCUT2D eigenvalue weighted by atomic mass is 10.1. The van der Waals surface area contributed by atoms with Crippen LogP contribution >= 0.6 is 0 Å². The summed E-state index contributed by atoms with van der Waals surface area (Å²) >= 11 is 0. The van der Waals surface area contributed by atoms with E-state index in [0.29, 0.717) is 41.4 Å². The molecule has 0 unspecified atom stereocenters. The summed E-state index contributed by atoms with van der Waals surface area (Å²) in [5.74, 6) is 1.07. The number of benzene rings is 3. The summed E-state index contributed by atoms with van der Waals surface area (Å²) in [6, 6.07) is 24.0. The Bertz CT molecular complexity index is 1070. The lowest BCUT2D eigenvalue weighted by Gasteiger charge is -2.30. The van der Waals surface area contributed by atoms with Crippen LogP contribution in [-0.2, 0) is 0 Å². The van der Waals surface area contributed by atoms with Crippen molar-refractivity contribution in [1.29, 1.82) is 0 Å². The molecule has 3 aromatic rings. The predicted molar refractivity (Wildman–Crippen MR) is 144 cm³/mol. The molecule has 1 N–H and O–H groups in total. The van der Waals surface area contributed by atoms with E-state index in [9.17, 15) is 4.79 Å². The van der Waals surface area contributed by atoms with E-state index in [1.54, 1.807) is 7.11 Å². The molecule has 0 saturated carbocycles. The fraction of sp³-hybridized carbons (Fsp3) is 0.345. The van der Waals surface area contributed by atoms with Gasteiger partial charge in [0.05, 0.1) is 7.11 Å². The average molecular weight is 476 g/mol. The molecule has 0 spiro atoms. The molecule has 0 aromatic heterocycles. The lowest BCUT2D eigenvalue weighted by molar-refractivity contribution is 0.102. The summed E-state index contributed by atoms with van der Waals surface area (Å²) in [6.45, 7) is 10.1. The van der Waals surface area contributed by atoms with Crippen LogP contribution in [0, 0.1) is 0 Å². The van der Waals surface area contributed by atoms with Crippen molar-refractivity contribution in [2.45, 2.75) is 39.8 Å². The summed E-state index contributed by atoms with van der Waals surface area (Å²) in [7, 11) is 3.62. The number of para-hydroxylation sites is 1. The van der Waals surface area contributed by atoms with Gasteiger partial charge in [0, 0.05) is 54.4 Å². The second-order valence-electron chi connectivity index (χ2n) is 9.03. The first-order valence-corrected chi connectivity index (χ1v) is 12.1. The topological polar surface area (TPSA) is 54.0 Å². The molecule has 3 rings (SSSR count). The Morgan fingerprint density at radius 1 is 0.857 bits per heavy atom. The van der Waals surface area contributed by atoms with Gasteiger partial charge in [0.15, 0.2) is 11.5 Å². The van der Waals surface area contributed by atoms with E-state index < -0.39 is 0 Å². The van der Waals surface area contributed by atoms with E-state index in [0.717, 1.165) is 17.9 Å². The number of hydrogen-bond donors (Lipinski definition) is 1. The van der Waals surface area contributed by atoms with E-state index in [1.807, 2.05) is 79.8 Å². The van der Waals surface area contributed by atoms with Crippen LogP contribution in [0.4, 0.5) is 17.1 Å². The number of anilines is 3. The molecule has 0 radical (unpaired) electrons. The number of amides is 1. The number of nitrogens with one attached hydrogen (secondary N) is 1. The van der Waals surface area contributed by atoms with Crippen molar-refractivity contribution in [3.8, 4) is 11.5 Å². The Morgan fingerprint density at radius 3 is 2.09 bits per heavy atom. The first-order valence-electron chi connectivity index (χ1n) is 12.1. The third-order valence-electron chi connectivity index (χ3n) is 6.02. The van der Waals surface area contributed by atoms with E-state index in [-0.39, 0.29) is 5.91 Å². The summed E-state index contributed by atoms with van der Waals surface area (Å²) in [5, 5.41) is 2.97. The predicted octanol–water partition coefficient (Wildman–Crippen LogP) is 6.21. The molecule has 6 nitrogen and oxygen atoms in total. The molecule has 0 atom stereocenters. The van der Waals surface area contributed by atoms with Crippen molar-refractivity contribution in [2.75, 3.05) is 37.5 Å². The molecule has 0 fully saturated rings. The Morgan fingerprint density at radius 2 is 1.49 bits per heavy atom. The maximum Gasteiger partial charge on any atom is 0.255 e. The van der Waals surface area contributed by atoms with Crippen molar-refractivity contribution < 1.29 is 14.3 Å². The van der Waals surface area contributed by atoms with Crippen molar-refractivity contribution >= 4 is 23.0 Å². The van der Waals surface area contributed by atoms with Crippen LogP contribution in [-0.4, -0.2) is 50.2 Å². The highest BCUT2D eigenvalue weighted by Gasteiger charge is 2.15. The number of hydrogen-bond acceptors (Lipinski definition) is 5. The molecule has 0 aliphatic carbocycles. The molecular weight excluding hydrogens is 438 g/mol. The van der Waals surface area contributed by atoms with Gasteiger partial charge in [-0.2, -0.15) is 0 Å². The summed E-state index contributed by atoms with van der Waals surface area (Å²) in [5.41, 5.74) is 3.32. The Labute approximate surface area is 209 Å². The van der Waals surface area contributed by atoms with Crippen molar-refractivity contribution in [3.63, 3.8) is 0 Å². The number of carbonyl (C=O) groups is 1. The Kier molecular flexibility index (Phi) is 9.15. The zero-order chi connectivity index (χ0) is 25.4. The number of carbonyl (C=O) groups excluding carboxylic acids is 1. The maximum absolute atomic E-state index is 12.9. The molecular formula is C29H37N3O3. The largest absolute Gasteiger partial charge is 0.493 e. The standard InChI is InChI=1S/C29H37N3O3/c1-21(2)32(22(3)4)18-19-35-28-20-24(14-17-27(28)34-6)30-29(33)23-12-15-26(16-13-23)31(5)25-10-8-7-9-11-25/h7-17,20-22H,18-19H2,1-6H3,(H,30,33). The highest BCUT2D eigenvalue weighted by Crippen LogP contribution is 2.31. The van der Waals surface area contributed by atoms with Gasteiger partial charge < -0.3 is 19.7 Å². The fourth-order valence-electron chi connectivity index (χ4n) is 4.08. The van der Waals surface area contributed by atoms with Crippen molar-refractivity contribution in [3.05, 3.63) is 78.4 Å². The Hall–Kier alpha value is -3.51. The van der Waals surface area contributed by atoms with E-state index in [4.69, 9.17) is 9.47 Å². The molecule has 1 amide bonds. The first-order chi connectivity index (χ1) is 16.8. The third-order valence-corrected chi connectivity index (χ3v) is 6.02. The number of ether oxygens (including phenoxy) is 2. The fourth-order valence-corrected chi connectivity index (χ4v) is 4.08. The highest BCUT2D eigenvalue weighted by atomic mass is 16.5. The second-order valence-corrected chi connectivity index (χ2v) is 9.03. The summed E-state index contributed by atoms with van der Waals surface area (Å²) < 4.78 is 11.5. The van der Waals surface area contributed by atoms with Gasteiger partial charge in [0.1, 0.15) is 6.61 Å². The zero-order valence-corrected chi connectivity index (χ0v) is 21.6. The minimum Gasteiger partial charge on any atom is -0.493 e. The van der Waals surface area contributed by atoms with Crippen LogP contribution in [0.3, 0.4) is 0 Å². The molecule has 0 aliphatic heterocycles. The SMILES string of the molecule is COc1ccc(NC(=O)c2ccc(N(C)c3ccccc3)cc2)cc1OCCN(C(C)C)C(C)C. The van der Waals surface area contributed by atoms with Crippen LogP contribution in [0.1, 0.15) is 38.1 Å². The molecule has 0 aliphatic rings. The van der Waals surface area contributed by atoms with Gasteiger partial charge in [-0.1, -0.05) is 18.2 Å². The van der Waals surface area contributed by atoms with Gasteiger partial charge in [-0.15, -0.1) is 0 Å². The van der Waals surface area contributed by atoms with Gasteiger partial charge in [0.25, 0.3) is 5.91 Å². The Balaban J connectivity index is 1.65. The molecule has 186 valence electrons. The van der Waals surface area contributed by atoms with E-state index in [2.05, 4.69) is 42.8 Å². The summed E-state index contributed by atoms with van der Waals surface area (Å²) in [4.78, 5) is 17.3. The number of rotatable bonds is 11. The highest BCUT2D eigenvalue weighted by molar-refractivity contribution is 6.04. The minimum absolute atomic E-state index is 0.180. The normalized spacial score (nSPS) is 11.1.